The highest BCUT2D eigenvalue weighted by Crippen LogP contribution is 2.43. The van der Waals surface area contributed by atoms with Crippen LogP contribution in [-0.4, -0.2) is 4.57 Å². The monoisotopic (exact) mass is 654 g/mol. The van der Waals surface area contributed by atoms with Gasteiger partial charge in [-0.2, -0.15) is 0 Å². The van der Waals surface area contributed by atoms with Crippen LogP contribution in [0.1, 0.15) is 18.9 Å². The lowest BCUT2D eigenvalue weighted by Gasteiger charge is -2.33. The second kappa shape index (κ2) is 12.8. The molecule has 0 amide bonds. The Morgan fingerprint density at radius 1 is 0.490 bits per heavy atom. The van der Waals surface area contributed by atoms with E-state index in [1.54, 1.807) is 0 Å². The Balaban J connectivity index is 1.22. The highest BCUT2D eigenvalue weighted by Gasteiger charge is 2.30. The first-order valence-electron chi connectivity index (χ1n) is 17.7. The normalized spacial score (nSPS) is 15.6. The Labute approximate surface area is 299 Å². The fourth-order valence-corrected chi connectivity index (χ4v) is 7.76. The zero-order chi connectivity index (χ0) is 34.2. The van der Waals surface area contributed by atoms with Gasteiger partial charge >= 0.3 is 0 Å². The van der Waals surface area contributed by atoms with Crippen molar-refractivity contribution >= 4 is 38.8 Å². The van der Waals surface area contributed by atoms with Gasteiger partial charge in [-0.1, -0.05) is 152 Å². The number of allylic oxidation sites excluding steroid dienone is 4. The topological polar surface area (TPSA) is 17.0 Å². The Hall–Kier alpha value is -6.38. The smallest absolute Gasteiger partial charge is 0.0649 e. The summed E-state index contributed by atoms with van der Waals surface area (Å²) in [4.78, 5) is 0. The van der Waals surface area contributed by atoms with Crippen molar-refractivity contribution in [1.82, 2.24) is 4.57 Å². The molecule has 8 aromatic rings. The maximum atomic E-state index is 3.67. The molecule has 0 aliphatic heterocycles. The van der Waals surface area contributed by atoms with Crippen molar-refractivity contribution in [3.63, 3.8) is 0 Å². The number of hydrogen-bond acceptors (Lipinski definition) is 1. The maximum Gasteiger partial charge on any atom is 0.0649 e. The van der Waals surface area contributed by atoms with Crippen LogP contribution in [-0.2, 0) is 5.54 Å². The summed E-state index contributed by atoms with van der Waals surface area (Å²) in [6, 6.07) is 63.3. The van der Waals surface area contributed by atoms with Gasteiger partial charge in [0.2, 0.25) is 0 Å². The minimum absolute atomic E-state index is 0.262. The van der Waals surface area contributed by atoms with Crippen molar-refractivity contribution < 1.29 is 0 Å². The number of nitrogens with one attached hydrogen (secondary N) is 1. The molecule has 2 nitrogen and oxygen atoms in total. The molecular weight excluding hydrogens is 617 g/mol. The van der Waals surface area contributed by atoms with E-state index < -0.39 is 0 Å². The number of rotatable bonds is 7. The molecule has 2 heteroatoms. The summed E-state index contributed by atoms with van der Waals surface area (Å²) < 4.78 is 2.59. The molecule has 7 aromatic carbocycles. The van der Waals surface area contributed by atoms with Crippen molar-refractivity contribution in [3.8, 4) is 33.4 Å². The van der Waals surface area contributed by atoms with Gasteiger partial charge < -0.3 is 9.88 Å². The fourth-order valence-electron chi connectivity index (χ4n) is 7.76. The van der Waals surface area contributed by atoms with Gasteiger partial charge in [-0.3, -0.25) is 0 Å². The van der Waals surface area contributed by atoms with E-state index in [2.05, 4.69) is 205 Å². The van der Waals surface area contributed by atoms with Gasteiger partial charge in [0.15, 0.2) is 0 Å². The van der Waals surface area contributed by atoms with E-state index in [9.17, 15) is 0 Å². The van der Waals surface area contributed by atoms with Crippen LogP contribution in [0.2, 0.25) is 0 Å². The van der Waals surface area contributed by atoms with Crippen LogP contribution in [0.5, 0.6) is 0 Å². The first-order valence-corrected chi connectivity index (χ1v) is 17.7. The number of aromatic nitrogens is 1. The van der Waals surface area contributed by atoms with E-state index in [1.165, 1.54) is 66.3 Å². The lowest BCUT2D eigenvalue weighted by atomic mass is 9.86. The average molecular weight is 655 g/mol. The number of fused-ring (bicyclic) bond motifs is 3. The van der Waals surface area contributed by atoms with Crippen molar-refractivity contribution in [2.24, 2.45) is 0 Å². The van der Waals surface area contributed by atoms with Gasteiger partial charge in [0.05, 0.1) is 11.1 Å². The molecule has 0 saturated heterocycles. The second-order valence-electron chi connectivity index (χ2n) is 13.7. The molecule has 0 saturated carbocycles. The van der Waals surface area contributed by atoms with Gasteiger partial charge in [0.1, 0.15) is 0 Å². The first-order chi connectivity index (χ1) is 25.1. The van der Waals surface area contributed by atoms with Crippen molar-refractivity contribution in [1.29, 1.82) is 0 Å². The van der Waals surface area contributed by atoms with Crippen LogP contribution in [0.4, 0.5) is 11.4 Å². The van der Waals surface area contributed by atoms with Crippen molar-refractivity contribution in [2.45, 2.75) is 18.9 Å². The van der Waals surface area contributed by atoms with Crippen LogP contribution in [0, 0.1) is 0 Å². The molecule has 0 fully saturated rings. The third-order valence-electron chi connectivity index (χ3n) is 10.3. The van der Waals surface area contributed by atoms with Gasteiger partial charge in [0.25, 0.3) is 0 Å². The van der Waals surface area contributed by atoms with Crippen molar-refractivity contribution in [2.75, 3.05) is 5.32 Å². The van der Waals surface area contributed by atoms with E-state index in [-0.39, 0.29) is 5.54 Å². The number of nitrogens with zero attached hydrogens (tertiary/aromatic N) is 1. The van der Waals surface area contributed by atoms with Gasteiger partial charge in [-0.25, -0.2) is 0 Å². The number of para-hydroxylation sites is 1. The zero-order valence-corrected chi connectivity index (χ0v) is 28.6. The summed E-state index contributed by atoms with van der Waals surface area (Å²) in [6.45, 7) is 2.38. The standard InChI is InChI=1S/C49H38N2/c1-49(30-14-21-41(34-49)36-17-8-3-9-18-36)51-47-29-26-39(32-45(47)43-27-24-40(33-48(43)51)35-15-6-2-7-16-35)38-25-28-46(50-42-22-12-5-13-23-42)44(31-38)37-19-10-4-11-20-37/h2-29,31-34,50H,30H2,1H3. The Bertz CT molecular complexity index is 2560. The molecular formula is C49H38N2. The minimum Gasteiger partial charge on any atom is -0.355 e. The lowest BCUT2D eigenvalue weighted by molar-refractivity contribution is 0.439. The van der Waals surface area contributed by atoms with Crippen molar-refractivity contribution in [3.05, 3.63) is 200 Å². The highest BCUT2D eigenvalue weighted by atomic mass is 15.1. The summed E-state index contributed by atoms with van der Waals surface area (Å²) in [5.74, 6) is 0. The number of benzene rings is 7. The predicted molar refractivity (Wildman–Crippen MR) is 217 cm³/mol. The molecule has 1 N–H and O–H groups in total. The molecule has 0 radical (unpaired) electrons. The summed E-state index contributed by atoms with van der Waals surface area (Å²) in [6.07, 6.45) is 8.00. The van der Waals surface area contributed by atoms with Gasteiger partial charge in [-0.15, -0.1) is 0 Å². The van der Waals surface area contributed by atoms with Crippen LogP contribution < -0.4 is 5.32 Å². The average Bonchev–Trinajstić information content (AvgIpc) is 3.53. The lowest BCUT2D eigenvalue weighted by Crippen LogP contribution is -2.28. The van der Waals surface area contributed by atoms with Crippen LogP contribution in [0.25, 0.3) is 60.8 Å². The molecule has 1 unspecified atom stereocenters. The van der Waals surface area contributed by atoms with Crippen LogP contribution in [0.3, 0.4) is 0 Å². The molecule has 51 heavy (non-hydrogen) atoms. The Kier molecular flexibility index (Phi) is 7.71. The van der Waals surface area contributed by atoms with Gasteiger partial charge in [-0.05, 0) is 94.8 Å². The third-order valence-corrected chi connectivity index (χ3v) is 10.3. The summed E-state index contributed by atoms with van der Waals surface area (Å²) >= 11 is 0. The molecule has 244 valence electrons. The summed E-state index contributed by atoms with van der Waals surface area (Å²) in [5, 5.41) is 6.20. The third kappa shape index (κ3) is 5.75. The highest BCUT2D eigenvalue weighted by molar-refractivity contribution is 6.11. The van der Waals surface area contributed by atoms with E-state index in [0.29, 0.717) is 0 Å². The van der Waals surface area contributed by atoms with Crippen LogP contribution >= 0.6 is 0 Å². The van der Waals surface area contributed by atoms with E-state index >= 15 is 0 Å². The Morgan fingerprint density at radius 3 is 1.80 bits per heavy atom. The second-order valence-corrected chi connectivity index (χ2v) is 13.7. The summed E-state index contributed by atoms with van der Waals surface area (Å²) in [5.41, 5.74) is 14.1. The quantitative estimate of drug-likeness (QED) is 0.181. The number of hydrogen-bond donors (Lipinski definition) is 1. The largest absolute Gasteiger partial charge is 0.355 e. The zero-order valence-electron chi connectivity index (χ0n) is 28.6. The van der Waals surface area contributed by atoms with E-state index in [0.717, 1.165) is 17.8 Å². The molecule has 1 aromatic heterocycles. The van der Waals surface area contributed by atoms with Gasteiger partial charge in [0, 0.05) is 33.2 Å². The summed E-state index contributed by atoms with van der Waals surface area (Å²) in [7, 11) is 0. The van der Waals surface area contributed by atoms with E-state index in [4.69, 9.17) is 0 Å². The number of anilines is 2. The molecule has 1 heterocycles. The molecule has 0 spiro atoms. The molecule has 9 rings (SSSR count). The van der Waals surface area contributed by atoms with E-state index in [1.807, 2.05) is 6.07 Å². The minimum atomic E-state index is -0.262. The molecule has 1 atom stereocenters. The predicted octanol–water partition coefficient (Wildman–Crippen LogP) is 13.3. The Morgan fingerprint density at radius 2 is 1.08 bits per heavy atom. The fraction of sp³-hybridized carbons (Fsp3) is 0.0612. The maximum absolute atomic E-state index is 3.67. The van der Waals surface area contributed by atoms with Crippen LogP contribution in [0.15, 0.2) is 194 Å². The first kappa shape index (κ1) is 30.7. The SMILES string of the molecule is CC1(n2c3ccc(-c4ccc(Nc5ccccc5)c(-c5ccccc5)c4)cc3c3ccc(-c4ccccc4)cc32)C=C(c2ccccc2)C=CC1. The molecule has 1 aliphatic carbocycles. The molecule has 0 bridgehead atoms. The molecule has 1 aliphatic rings.